The zero-order chi connectivity index (χ0) is 15.4. The highest BCUT2D eigenvalue weighted by molar-refractivity contribution is 7.98. The molecule has 1 aromatic carbocycles. The molecule has 0 amide bonds. The number of rotatable bonds is 5. The van der Waals surface area contributed by atoms with Gasteiger partial charge in [-0.2, -0.15) is 0 Å². The van der Waals surface area contributed by atoms with Crippen LogP contribution in [0.5, 0.6) is 0 Å². The molecule has 2 rings (SSSR count). The molecule has 0 aliphatic carbocycles. The van der Waals surface area contributed by atoms with Crippen molar-refractivity contribution < 1.29 is 0 Å². The molecule has 112 valence electrons. The van der Waals surface area contributed by atoms with Gasteiger partial charge in [0, 0.05) is 24.3 Å². The van der Waals surface area contributed by atoms with Crippen LogP contribution in [-0.2, 0) is 5.75 Å². The fourth-order valence-electron chi connectivity index (χ4n) is 2.07. The van der Waals surface area contributed by atoms with Gasteiger partial charge < -0.3 is 5.32 Å². The van der Waals surface area contributed by atoms with Gasteiger partial charge >= 0.3 is 0 Å². The molecule has 0 unspecified atom stereocenters. The van der Waals surface area contributed by atoms with Gasteiger partial charge in [-0.3, -0.25) is 0 Å². The minimum absolute atomic E-state index is 0.329. The SMILES string of the molecule is CNc1nc(C(C)C)nc(SCc2ccccc2C)c1C. The summed E-state index contributed by atoms with van der Waals surface area (Å²) in [6.07, 6.45) is 0. The van der Waals surface area contributed by atoms with Crippen molar-refractivity contribution in [2.24, 2.45) is 0 Å². The molecule has 0 fully saturated rings. The maximum atomic E-state index is 4.74. The molecule has 0 radical (unpaired) electrons. The van der Waals surface area contributed by atoms with Gasteiger partial charge in [0.1, 0.15) is 16.7 Å². The first-order valence-corrected chi connectivity index (χ1v) is 8.25. The van der Waals surface area contributed by atoms with E-state index < -0.39 is 0 Å². The second-order valence-electron chi connectivity index (χ2n) is 5.48. The predicted molar refractivity (Wildman–Crippen MR) is 91.1 cm³/mol. The van der Waals surface area contributed by atoms with Crippen molar-refractivity contribution in [1.29, 1.82) is 0 Å². The monoisotopic (exact) mass is 301 g/mol. The van der Waals surface area contributed by atoms with Crippen molar-refractivity contribution in [2.75, 3.05) is 12.4 Å². The summed E-state index contributed by atoms with van der Waals surface area (Å²) in [4.78, 5) is 9.32. The second kappa shape index (κ2) is 6.94. The van der Waals surface area contributed by atoms with Gasteiger partial charge in [0.2, 0.25) is 0 Å². The van der Waals surface area contributed by atoms with Gasteiger partial charge in [-0.1, -0.05) is 38.1 Å². The van der Waals surface area contributed by atoms with E-state index in [1.54, 1.807) is 11.8 Å². The molecular formula is C17H23N3S. The molecule has 1 N–H and O–H groups in total. The number of nitrogens with one attached hydrogen (secondary N) is 1. The molecule has 1 heterocycles. The first kappa shape index (κ1) is 15.8. The predicted octanol–water partition coefficient (Wildman–Crippen LogP) is 4.55. The maximum absolute atomic E-state index is 4.74. The lowest BCUT2D eigenvalue weighted by molar-refractivity contribution is 0.749. The molecule has 4 heteroatoms. The van der Waals surface area contributed by atoms with Crippen molar-refractivity contribution in [3.8, 4) is 0 Å². The molecule has 0 atom stereocenters. The average molecular weight is 301 g/mol. The van der Waals surface area contributed by atoms with Crippen molar-refractivity contribution in [3.05, 3.63) is 46.8 Å². The van der Waals surface area contributed by atoms with E-state index in [1.807, 2.05) is 7.05 Å². The Labute approximate surface area is 131 Å². The number of benzene rings is 1. The number of anilines is 1. The highest BCUT2D eigenvalue weighted by atomic mass is 32.2. The number of nitrogens with zero attached hydrogens (tertiary/aromatic N) is 2. The summed E-state index contributed by atoms with van der Waals surface area (Å²) in [6, 6.07) is 8.51. The third kappa shape index (κ3) is 3.76. The minimum atomic E-state index is 0.329. The van der Waals surface area contributed by atoms with Crippen LogP contribution in [0.2, 0.25) is 0 Å². The summed E-state index contributed by atoms with van der Waals surface area (Å²) >= 11 is 1.78. The van der Waals surface area contributed by atoms with Crippen molar-refractivity contribution >= 4 is 17.6 Å². The van der Waals surface area contributed by atoms with Crippen molar-refractivity contribution in [3.63, 3.8) is 0 Å². The molecule has 3 nitrogen and oxygen atoms in total. The largest absolute Gasteiger partial charge is 0.373 e. The van der Waals surface area contributed by atoms with E-state index in [1.165, 1.54) is 11.1 Å². The molecular weight excluding hydrogens is 278 g/mol. The van der Waals surface area contributed by atoms with Crippen LogP contribution in [0, 0.1) is 13.8 Å². The standard InChI is InChI=1S/C17H23N3S/c1-11(2)15-19-16(18-5)13(4)17(20-15)21-10-14-9-7-6-8-12(14)3/h6-9,11H,10H2,1-5H3,(H,18,19,20). The van der Waals surface area contributed by atoms with Gasteiger partial charge in [-0.25, -0.2) is 9.97 Å². The lowest BCUT2D eigenvalue weighted by Crippen LogP contribution is -2.06. The molecule has 2 aromatic rings. The third-order valence-electron chi connectivity index (χ3n) is 3.50. The van der Waals surface area contributed by atoms with Gasteiger partial charge in [-0.05, 0) is 25.0 Å². The zero-order valence-corrected chi connectivity index (χ0v) is 14.2. The highest BCUT2D eigenvalue weighted by Crippen LogP contribution is 2.29. The van der Waals surface area contributed by atoms with Crippen LogP contribution in [0.25, 0.3) is 0 Å². The summed E-state index contributed by atoms with van der Waals surface area (Å²) in [6.45, 7) is 8.48. The average Bonchev–Trinajstić information content (AvgIpc) is 2.47. The molecule has 0 spiro atoms. The van der Waals surface area contributed by atoms with Gasteiger partial charge in [-0.15, -0.1) is 11.8 Å². The maximum Gasteiger partial charge on any atom is 0.134 e. The zero-order valence-electron chi connectivity index (χ0n) is 13.4. The topological polar surface area (TPSA) is 37.8 Å². The minimum Gasteiger partial charge on any atom is -0.373 e. The van der Waals surface area contributed by atoms with Crippen molar-refractivity contribution in [1.82, 2.24) is 9.97 Å². The summed E-state index contributed by atoms with van der Waals surface area (Å²) in [5, 5.41) is 4.25. The molecule has 0 aliphatic rings. The Morgan fingerprint density at radius 3 is 2.48 bits per heavy atom. The van der Waals surface area contributed by atoms with Crippen LogP contribution >= 0.6 is 11.8 Å². The number of thioether (sulfide) groups is 1. The van der Waals surface area contributed by atoms with E-state index in [0.29, 0.717) is 5.92 Å². The highest BCUT2D eigenvalue weighted by Gasteiger charge is 2.13. The number of aromatic nitrogens is 2. The van der Waals surface area contributed by atoms with Crippen LogP contribution in [0.15, 0.2) is 29.3 Å². The Morgan fingerprint density at radius 1 is 1.14 bits per heavy atom. The summed E-state index contributed by atoms with van der Waals surface area (Å²) < 4.78 is 0. The number of hydrogen-bond acceptors (Lipinski definition) is 4. The third-order valence-corrected chi connectivity index (χ3v) is 4.62. The quantitative estimate of drug-likeness (QED) is 0.649. The molecule has 0 bridgehead atoms. The Bertz CT molecular complexity index is 623. The van der Waals surface area contributed by atoms with Gasteiger partial charge in [0.05, 0.1) is 0 Å². The van der Waals surface area contributed by atoms with E-state index in [4.69, 9.17) is 4.98 Å². The lowest BCUT2D eigenvalue weighted by atomic mass is 10.1. The van der Waals surface area contributed by atoms with Gasteiger partial charge in [0.15, 0.2) is 0 Å². The van der Waals surface area contributed by atoms with Crippen LogP contribution < -0.4 is 5.32 Å². The first-order chi connectivity index (χ1) is 10.0. The molecule has 0 saturated carbocycles. The molecule has 21 heavy (non-hydrogen) atoms. The molecule has 0 saturated heterocycles. The Balaban J connectivity index is 2.27. The Morgan fingerprint density at radius 2 is 1.86 bits per heavy atom. The van der Waals surface area contributed by atoms with Crippen LogP contribution in [0.4, 0.5) is 5.82 Å². The van der Waals surface area contributed by atoms with E-state index in [0.717, 1.165) is 28.0 Å². The smallest absolute Gasteiger partial charge is 0.134 e. The normalized spacial score (nSPS) is 11.0. The van der Waals surface area contributed by atoms with E-state index >= 15 is 0 Å². The Hall–Kier alpha value is -1.55. The van der Waals surface area contributed by atoms with Crippen molar-refractivity contribution in [2.45, 2.75) is 44.4 Å². The fraction of sp³-hybridized carbons (Fsp3) is 0.412. The summed E-state index contributed by atoms with van der Waals surface area (Å²) in [7, 11) is 1.91. The summed E-state index contributed by atoms with van der Waals surface area (Å²) in [5.41, 5.74) is 3.81. The fourth-order valence-corrected chi connectivity index (χ4v) is 3.16. The molecule has 1 aromatic heterocycles. The van der Waals surface area contributed by atoms with E-state index in [9.17, 15) is 0 Å². The Kier molecular flexibility index (Phi) is 5.23. The number of aryl methyl sites for hydroxylation is 1. The number of hydrogen-bond donors (Lipinski definition) is 1. The second-order valence-corrected chi connectivity index (χ2v) is 6.44. The van der Waals surface area contributed by atoms with E-state index in [2.05, 4.69) is 62.3 Å². The van der Waals surface area contributed by atoms with Gasteiger partial charge in [0.25, 0.3) is 0 Å². The first-order valence-electron chi connectivity index (χ1n) is 7.26. The van der Waals surface area contributed by atoms with E-state index in [-0.39, 0.29) is 0 Å². The summed E-state index contributed by atoms with van der Waals surface area (Å²) in [5.74, 6) is 3.10. The lowest BCUT2D eigenvalue weighted by Gasteiger charge is -2.14. The van der Waals surface area contributed by atoms with Crippen LogP contribution in [0.3, 0.4) is 0 Å². The van der Waals surface area contributed by atoms with Crippen LogP contribution in [-0.4, -0.2) is 17.0 Å². The van der Waals surface area contributed by atoms with Crippen LogP contribution in [0.1, 0.15) is 42.3 Å². The molecule has 0 aliphatic heterocycles.